The summed E-state index contributed by atoms with van der Waals surface area (Å²) in [6.07, 6.45) is 0. The molecule has 0 spiro atoms. The number of amides is 1. The van der Waals surface area contributed by atoms with Gasteiger partial charge in [0.05, 0.1) is 35.5 Å². The highest BCUT2D eigenvalue weighted by atomic mass is 32.1. The molecule has 0 bridgehead atoms. The molecule has 0 aliphatic rings. The summed E-state index contributed by atoms with van der Waals surface area (Å²) in [5.41, 5.74) is 3.76. The molecule has 8 heteroatoms. The summed E-state index contributed by atoms with van der Waals surface area (Å²) in [6, 6.07) is 10.4. The van der Waals surface area contributed by atoms with Gasteiger partial charge in [-0.2, -0.15) is 0 Å². The van der Waals surface area contributed by atoms with Crippen molar-refractivity contribution < 1.29 is 23.8 Å². The first-order chi connectivity index (χ1) is 13.1. The molecule has 1 aromatic heterocycles. The van der Waals surface area contributed by atoms with Crippen LogP contribution in [-0.2, 0) is 16.1 Å². The minimum absolute atomic E-state index is 0.281. The first kappa shape index (κ1) is 18.7. The van der Waals surface area contributed by atoms with Crippen LogP contribution in [0.5, 0.6) is 11.5 Å². The van der Waals surface area contributed by atoms with Crippen LogP contribution in [0.2, 0.25) is 0 Å². The molecule has 140 valence electrons. The highest BCUT2D eigenvalue weighted by molar-refractivity contribution is 7.16. The molecule has 1 amide bonds. The topological polar surface area (TPSA) is 86.8 Å². The van der Waals surface area contributed by atoms with E-state index in [-0.39, 0.29) is 13.2 Å². The molecule has 0 radical (unpaired) electrons. The average Bonchev–Trinajstić information content (AvgIpc) is 3.17. The van der Waals surface area contributed by atoms with E-state index in [9.17, 15) is 9.59 Å². The van der Waals surface area contributed by atoms with Crippen LogP contribution in [0.25, 0.3) is 10.2 Å². The van der Waals surface area contributed by atoms with Gasteiger partial charge in [0.2, 0.25) is 0 Å². The molecule has 0 atom stereocenters. The van der Waals surface area contributed by atoms with E-state index in [0.29, 0.717) is 17.1 Å². The lowest BCUT2D eigenvalue weighted by atomic mass is 10.2. The summed E-state index contributed by atoms with van der Waals surface area (Å²) < 4.78 is 16.4. The maximum absolute atomic E-state index is 12.1. The predicted molar refractivity (Wildman–Crippen MR) is 101 cm³/mol. The minimum Gasteiger partial charge on any atom is -0.493 e. The number of aromatic nitrogens is 1. The smallest absolute Gasteiger partial charge is 0.338 e. The van der Waals surface area contributed by atoms with Crippen molar-refractivity contribution in [2.24, 2.45) is 0 Å². The van der Waals surface area contributed by atoms with Crippen molar-refractivity contribution in [3.63, 3.8) is 0 Å². The summed E-state index contributed by atoms with van der Waals surface area (Å²) in [5, 5.41) is 2.70. The van der Waals surface area contributed by atoms with E-state index in [2.05, 4.69) is 10.3 Å². The number of hydrogen-bond donors (Lipinski definition) is 1. The van der Waals surface area contributed by atoms with Gasteiger partial charge in [0, 0.05) is 6.54 Å². The largest absolute Gasteiger partial charge is 0.493 e. The second-order valence-corrected chi connectivity index (χ2v) is 6.46. The summed E-state index contributed by atoms with van der Waals surface area (Å²) in [5.74, 6) is 0.247. The van der Waals surface area contributed by atoms with E-state index in [4.69, 9.17) is 14.2 Å². The Balaban J connectivity index is 1.51. The van der Waals surface area contributed by atoms with Crippen LogP contribution in [0, 0.1) is 0 Å². The van der Waals surface area contributed by atoms with Crippen LogP contribution >= 0.6 is 11.3 Å². The summed E-state index contributed by atoms with van der Waals surface area (Å²) in [6.45, 7) is -0.0730. The van der Waals surface area contributed by atoms with Crippen molar-refractivity contribution >= 4 is 33.4 Å². The molecule has 0 fully saturated rings. The average molecular weight is 386 g/mol. The van der Waals surface area contributed by atoms with Gasteiger partial charge in [-0.15, -0.1) is 11.3 Å². The number of methoxy groups -OCH3 is 2. The Morgan fingerprint density at radius 3 is 2.67 bits per heavy atom. The molecule has 3 rings (SSSR count). The molecule has 27 heavy (non-hydrogen) atoms. The van der Waals surface area contributed by atoms with Gasteiger partial charge in [-0.05, 0) is 35.9 Å². The van der Waals surface area contributed by atoms with Crippen LogP contribution in [0.3, 0.4) is 0 Å². The zero-order valence-corrected chi connectivity index (χ0v) is 15.7. The molecular weight excluding hydrogens is 368 g/mol. The lowest BCUT2D eigenvalue weighted by Crippen LogP contribution is -2.28. The lowest BCUT2D eigenvalue weighted by molar-refractivity contribution is -0.124. The van der Waals surface area contributed by atoms with Gasteiger partial charge in [0.1, 0.15) is 0 Å². The number of hydrogen-bond acceptors (Lipinski definition) is 7. The highest BCUT2D eigenvalue weighted by Gasteiger charge is 2.12. The lowest BCUT2D eigenvalue weighted by Gasteiger charge is -2.10. The summed E-state index contributed by atoms with van der Waals surface area (Å²) >= 11 is 1.44. The van der Waals surface area contributed by atoms with Gasteiger partial charge in [0.25, 0.3) is 5.91 Å². The fourth-order valence-electron chi connectivity index (χ4n) is 2.44. The van der Waals surface area contributed by atoms with Crippen molar-refractivity contribution in [2.75, 3.05) is 20.8 Å². The maximum atomic E-state index is 12.1. The molecular formula is C19H18N2O5S. The third kappa shape index (κ3) is 4.53. The maximum Gasteiger partial charge on any atom is 0.338 e. The van der Waals surface area contributed by atoms with E-state index in [1.54, 1.807) is 50.1 Å². The van der Waals surface area contributed by atoms with Gasteiger partial charge >= 0.3 is 5.97 Å². The molecule has 0 saturated carbocycles. The number of ether oxygens (including phenoxy) is 3. The van der Waals surface area contributed by atoms with Gasteiger partial charge < -0.3 is 19.5 Å². The van der Waals surface area contributed by atoms with Crippen LogP contribution in [0.1, 0.15) is 15.9 Å². The van der Waals surface area contributed by atoms with Crippen molar-refractivity contribution in [3.05, 3.63) is 53.0 Å². The van der Waals surface area contributed by atoms with E-state index < -0.39 is 11.9 Å². The standard InChI is InChI=1S/C19H18N2O5S/c1-24-15-6-3-12(7-16(15)25-2)9-20-18(22)10-26-19(23)13-4-5-14-17(8-13)27-11-21-14/h3-8,11H,9-10H2,1-2H3,(H,20,22). The molecule has 1 heterocycles. The molecule has 0 unspecified atom stereocenters. The Labute approximate surface area is 159 Å². The SMILES string of the molecule is COc1ccc(CNC(=O)COC(=O)c2ccc3ncsc3c2)cc1OC. The molecule has 7 nitrogen and oxygen atoms in total. The number of nitrogens with one attached hydrogen (secondary N) is 1. The first-order valence-electron chi connectivity index (χ1n) is 8.08. The Hall–Kier alpha value is -3.13. The van der Waals surface area contributed by atoms with E-state index in [1.165, 1.54) is 11.3 Å². The number of thiazole rings is 1. The second-order valence-electron chi connectivity index (χ2n) is 5.58. The number of carbonyl (C=O) groups excluding carboxylic acids is 2. The Morgan fingerprint density at radius 2 is 1.89 bits per heavy atom. The van der Waals surface area contributed by atoms with E-state index in [0.717, 1.165) is 15.8 Å². The Bertz CT molecular complexity index is 970. The van der Waals surface area contributed by atoms with Crippen LogP contribution in [-0.4, -0.2) is 37.7 Å². The number of carbonyl (C=O) groups is 2. The number of esters is 1. The Kier molecular flexibility index (Phi) is 5.87. The first-order valence-corrected chi connectivity index (χ1v) is 8.96. The van der Waals surface area contributed by atoms with Crippen molar-refractivity contribution in [1.29, 1.82) is 0 Å². The third-order valence-electron chi connectivity index (χ3n) is 3.84. The molecule has 0 aliphatic carbocycles. The summed E-state index contributed by atoms with van der Waals surface area (Å²) in [7, 11) is 3.10. The number of rotatable bonds is 7. The minimum atomic E-state index is -0.549. The predicted octanol–water partition coefficient (Wildman–Crippen LogP) is 2.79. The highest BCUT2D eigenvalue weighted by Crippen LogP contribution is 2.27. The van der Waals surface area contributed by atoms with Gasteiger partial charge in [-0.1, -0.05) is 6.07 Å². The monoisotopic (exact) mass is 386 g/mol. The molecule has 1 N–H and O–H groups in total. The third-order valence-corrected chi connectivity index (χ3v) is 4.63. The normalized spacial score (nSPS) is 10.4. The van der Waals surface area contributed by atoms with Gasteiger partial charge in [-0.25, -0.2) is 9.78 Å². The number of benzene rings is 2. The molecule has 0 aliphatic heterocycles. The fourth-order valence-corrected chi connectivity index (χ4v) is 3.16. The van der Waals surface area contributed by atoms with Crippen molar-refractivity contribution in [1.82, 2.24) is 10.3 Å². The van der Waals surface area contributed by atoms with Crippen LogP contribution < -0.4 is 14.8 Å². The van der Waals surface area contributed by atoms with Crippen LogP contribution in [0.4, 0.5) is 0 Å². The van der Waals surface area contributed by atoms with Gasteiger partial charge in [-0.3, -0.25) is 4.79 Å². The van der Waals surface area contributed by atoms with Crippen molar-refractivity contribution in [2.45, 2.75) is 6.54 Å². The molecule has 0 saturated heterocycles. The number of fused-ring (bicyclic) bond motifs is 1. The zero-order chi connectivity index (χ0) is 19.2. The molecule has 3 aromatic rings. The van der Waals surface area contributed by atoms with Gasteiger partial charge in [0.15, 0.2) is 18.1 Å². The zero-order valence-electron chi connectivity index (χ0n) is 14.9. The van der Waals surface area contributed by atoms with Crippen molar-refractivity contribution in [3.8, 4) is 11.5 Å². The van der Waals surface area contributed by atoms with Crippen LogP contribution in [0.15, 0.2) is 41.9 Å². The number of nitrogens with zero attached hydrogens (tertiary/aromatic N) is 1. The summed E-state index contributed by atoms with van der Waals surface area (Å²) in [4.78, 5) is 28.2. The quantitative estimate of drug-likeness (QED) is 0.629. The second kappa shape index (κ2) is 8.50. The molecule has 2 aromatic carbocycles. The van der Waals surface area contributed by atoms with E-state index in [1.807, 2.05) is 6.07 Å². The Morgan fingerprint density at radius 1 is 1.07 bits per heavy atom. The van der Waals surface area contributed by atoms with E-state index >= 15 is 0 Å². The fraction of sp³-hybridized carbons (Fsp3) is 0.211.